The average molecular weight is 186 g/mol. The topological polar surface area (TPSA) is 48.1 Å². The summed E-state index contributed by atoms with van der Waals surface area (Å²) in [5, 5.41) is 2.64. The van der Waals surface area contributed by atoms with Gasteiger partial charge in [0, 0.05) is 5.38 Å². The van der Waals surface area contributed by atoms with E-state index in [1.54, 1.807) is 0 Å². The molecule has 0 fully saturated rings. The highest BCUT2D eigenvalue weighted by atomic mass is 32.1. The Morgan fingerprint density at radius 2 is 2.33 bits per heavy atom. The third-order valence-corrected chi connectivity index (χ3v) is 2.16. The highest BCUT2D eigenvalue weighted by Gasteiger charge is 2.17. The van der Waals surface area contributed by atoms with Crippen molar-refractivity contribution in [3.8, 4) is 5.19 Å². The normalized spacial score (nSPS) is 11.7. The predicted molar refractivity (Wildman–Crippen MR) is 50.5 cm³/mol. The fraction of sp³-hybridized carbons (Fsp3) is 0.625. The lowest BCUT2D eigenvalue weighted by Gasteiger charge is -2.14. The van der Waals surface area contributed by atoms with Crippen molar-refractivity contribution < 1.29 is 4.74 Å². The van der Waals surface area contributed by atoms with Crippen LogP contribution < -0.4 is 10.5 Å². The maximum atomic E-state index is 5.85. The van der Waals surface area contributed by atoms with Crippen LogP contribution in [0.25, 0.3) is 0 Å². The largest absolute Gasteiger partial charge is 0.470 e. The Hall–Kier alpha value is -0.610. The maximum absolute atomic E-state index is 5.85. The molecule has 0 aliphatic heterocycles. The van der Waals surface area contributed by atoms with E-state index in [9.17, 15) is 0 Å². The summed E-state index contributed by atoms with van der Waals surface area (Å²) in [5.74, 6) is 0. The van der Waals surface area contributed by atoms with Gasteiger partial charge in [-0.25, -0.2) is 4.98 Å². The number of aromatic nitrogens is 1. The standard InChI is InChI=1S/C8H14N2OS/c1-4-11-7-10-6(5-12-7)8(2,3)9/h5H,4,9H2,1-3H3. The molecule has 0 aliphatic carbocycles. The van der Waals surface area contributed by atoms with E-state index in [1.165, 1.54) is 11.3 Å². The van der Waals surface area contributed by atoms with E-state index in [2.05, 4.69) is 4.98 Å². The zero-order chi connectivity index (χ0) is 9.19. The van der Waals surface area contributed by atoms with Gasteiger partial charge in [-0.1, -0.05) is 11.3 Å². The van der Waals surface area contributed by atoms with Gasteiger partial charge in [-0.2, -0.15) is 0 Å². The molecule has 0 bridgehead atoms. The molecule has 2 N–H and O–H groups in total. The maximum Gasteiger partial charge on any atom is 0.273 e. The van der Waals surface area contributed by atoms with Crippen molar-refractivity contribution in [1.82, 2.24) is 4.98 Å². The van der Waals surface area contributed by atoms with Crippen LogP contribution in [-0.4, -0.2) is 11.6 Å². The highest BCUT2D eigenvalue weighted by Crippen LogP contribution is 2.24. The molecule has 0 amide bonds. The molecule has 4 heteroatoms. The average Bonchev–Trinajstić information content (AvgIpc) is 2.35. The molecule has 0 radical (unpaired) electrons. The molecule has 0 aromatic carbocycles. The molecule has 68 valence electrons. The van der Waals surface area contributed by atoms with Gasteiger partial charge in [-0.15, -0.1) is 0 Å². The third-order valence-electron chi connectivity index (χ3n) is 1.41. The summed E-state index contributed by atoms with van der Waals surface area (Å²) in [5.41, 5.74) is 6.37. The van der Waals surface area contributed by atoms with Crippen LogP contribution in [0.1, 0.15) is 26.5 Å². The smallest absolute Gasteiger partial charge is 0.273 e. The summed E-state index contributed by atoms with van der Waals surface area (Å²) in [6.07, 6.45) is 0. The predicted octanol–water partition coefficient (Wildman–Crippen LogP) is 1.74. The fourth-order valence-corrected chi connectivity index (χ4v) is 1.65. The molecule has 0 aliphatic rings. The number of nitrogens with zero attached hydrogens (tertiary/aromatic N) is 1. The van der Waals surface area contributed by atoms with Crippen molar-refractivity contribution in [1.29, 1.82) is 0 Å². The lowest BCUT2D eigenvalue weighted by molar-refractivity contribution is 0.335. The van der Waals surface area contributed by atoms with E-state index in [0.717, 1.165) is 5.69 Å². The number of hydrogen-bond acceptors (Lipinski definition) is 4. The SMILES string of the molecule is CCOc1nc(C(C)(C)N)cs1. The van der Waals surface area contributed by atoms with Gasteiger partial charge in [0.2, 0.25) is 0 Å². The summed E-state index contributed by atoms with van der Waals surface area (Å²) < 4.78 is 5.23. The minimum Gasteiger partial charge on any atom is -0.470 e. The molecule has 1 rings (SSSR count). The molecule has 0 unspecified atom stereocenters. The van der Waals surface area contributed by atoms with Crippen molar-refractivity contribution >= 4 is 11.3 Å². The summed E-state index contributed by atoms with van der Waals surface area (Å²) in [7, 11) is 0. The Labute approximate surface area is 76.6 Å². The minimum absolute atomic E-state index is 0.369. The number of thiazole rings is 1. The van der Waals surface area contributed by atoms with Crippen molar-refractivity contribution in [3.05, 3.63) is 11.1 Å². The second kappa shape index (κ2) is 3.41. The number of rotatable bonds is 3. The van der Waals surface area contributed by atoms with Crippen LogP contribution in [0.15, 0.2) is 5.38 Å². The molecule has 0 spiro atoms. The van der Waals surface area contributed by atoms with Crippen LogP contribution in [0, 0.1) is 0 Å². The van der Waals surface area contributed by atoms with Crippen LogP contribution in [0.5, 0.6) is 5.19 Å². The fourth-order valence-electron chi connectivity index (χ4n) is 0.743. The van der Waals surface area contributed by atoms with E-state index < -0.39 is 0 Å². The molecule has 12 heavy (non-hydrogen) atoms. The molecule has 1 heterocycles. The monoisotopic (exact) mass is 186 g/mol. The van der Waals surface area contributed by atoms with Crippen LogP contribution in [0.4, 0.5) is 0 Å². The molecule has 0 saturated heterocycles. The first kappa shape index (κ1) is 9.48. The summed E-state index contributed by atoms with van der Waals surface area (Å²) in [4.78, 5) is 4.24. The molecule has 3 nitrogen and oxygen atoms in total. The highest BCUT2D eigenvalue weighted by molar-refractivity contribution is 7.11. The Morgan fingerprint density at radius 3 is 2.75 bits per heavy atom. The number of hydrogen-bond donors (Lipinski definition) is 1. The third kappa shape index (κ3) is 2.19. The molecular weight excluding hydrogens is 172 g/mol. The van der Waals surface area contributed by atoms with E-state index >= 15 is 0 Å². The van der Waals surface area contributed by atoms with Crippen molar-refractivity contribution in [2.24, 2.45) is 5.73 Å². The Bertz CT molecular complexity index is 252. The zero-order valence-corrected chi connectivity index (χ0v) is 8.44. The molecule has 0 atom stereocenters. The second-order valence-corrected chi connectivity index (χ2v) is 3.97. The van der Waals surface area contributed by atoms with E-state index in [-0.39, 0.29) is 5.54 Å². The zero-order valence-electron chi connectivity index (χ0n) is 7.63. The second-order valence-electron chi connectivity index (χ2n) is 3.15. The Morgan fingerprint density at radius 1 is 1.67 bits per heavy atom. The first-order valence-corrected chi connectivity index (χ1v) is 4.79. The van der Waals surface area contributed by atoms with Gasteiger partial charge in [0.15, 0.2) is 0 Å². The molecule has 1 aromatic heterocycles. The van der Waals surface area contributed by atoms with E-state index in [4.69, 9.17) is 10.5 Å². The van der Waals surface area contributed by atoms with Crippen LogP contribution in [0.3, 0.4) is 0 Å². The molecule has 0 saturated carbocycles. The van der Waals surface area contributed by atoms with Gasteiger partial charge in [-0.05, 0) is 20.8 Å². The summed E-state index contributed by atoms with van der Waals surface area (Å²) in [6.45, 7) is 6.45. The number of ether oxygens (including phenoxy) is 1. The van der Waals surface area contributed by atoms with Crippen molar-refractivity contribution in [3.63, 3.8) is 0 Å². The van der Waals surface area contributed by atoms with Gasteiger partial charge in [0.1, 0.15) is 0 Å². The van der Waals surface area contributed by atoms with Gasteiger partial charge in [0.25, 0.3) is 5.19 Å². The molecular formula is C8H14N2OS. The van der Waals surface area contributed by atoms with Gasteiger partial charge < -0.3 is 10.5 Å². The summed E-state index contributed by atoms with van der Waals surface area (Å²) >= 11 is 1.49. The first-order valence-electron chi connectivity index (χ1n) is 3.91. The van der Waals surface area contributed by atoms with Crippen molar-refractivity contribution in [2.45, 2.75) is 26.3 Å². The lowest BCUT2D eigenvalue weighted by Crippen LogP contribution is -2.28. The quantitative estimate of drug-likeness (QED) is 0.782. The Kier molecular flexibility index (Phi) is 2.69. The van der Waals surface area contributed by atoms with Gasteiger partial charge in [0.05, 0.1) is 17.8 Å². The van der Waals surface area contributed by atoms with Crippen LogP contribution >= 0.6 is 11.3 Å². The lowest BCUT2D eigenvalue weighted by atomic mass is 10.0. The number of nitrogens with two attached hydrogens (primary N) is 1. The molecule has 1 aromatic rings. The van der Waals surface area contributed by atoms with Gasteiger partial charge in [-0.3, -0.25) is 0 Å². The van der Waals surface area contributed by atoms with Crippen molar-refractivity contribution in [2.75, 3.05) is 6.61 Å². The Balaban J connectivity index is 2.77. The van der Waals surface area contributed by atoms with E-state index in [1.807, 2.05) is 26.2 Å². The van der Waals surface area contributed by atoms with Crippen LogP contribution in [-0.2, 0) is 5.54 Å². The summed E-state index contributed by atoms with van der Waals surface area (Å²) in [6, 6.07) is 0. The van der Waals surface area contributed by atoms with Gasteiger partial charge >= 0.3 is 0 Å². The van der Waals surface area contributed by atoms with Crippen LogP contribution in [0.2, 0.25) is 0 Å². The minimum atomic E-state index is -0.369. The first-order chi connectivity index (χ1) is 5.54. The van der Waals surface area contributed by atoms with E-state index in [0.29, 0.717) is 11.8 Å².